The molecule has 0 heterocycles. The number of benzene rings is 2. The number of anilines is 1. The first-order valence-corrected chi connectivity index (χ1v) is 11.2. The quantitative estimate of drug-likeness (QED) is 0.606. The van der Waals surface area contributed by atoms with Crippen LogP contribution < -0.4 is 10.6 Å². The van der Waals surface area contributed by atoms with Crippen molar-refractivity contribution in [3.8, 4) is 0 Å². The molecule has 31 heavy (non-hydrogen) atoms. The highest BCUT2D eigenvalue weighted by Crippen LogP contribution is 2.29. The van der Waals surface area contributed by atoms with Crippen LogP contribution in [0.3, 0.4) is 0 Å². The van der Waals surface area contributed by atoms with E-state index in [2.05, 4.69) is 10.6 Å². The summed E-state index contributed by atoms with van der Waals surface area (Å²) in [6.07, 6.45) is 4.13. The molecule has 0 aromatic heterocycles. The Kier molecular flexibility index (Phi) is 7.55. The van der Waals surface area contributed by atoms with E-state index in [0.717, 1.165) is 36.5 Å². The lowest BCUT2D eigenvalue weighted by atomic mass is 9.83. The summed E-state index contributed by atoms with van der Waals surface area (Å²) in [4.78, 5) is 25.3. The number of amides is 2. The maximum absolute atomic E-state index is 13.0. The summed E-state index contributed by atoms with van der Waals surface area (Å²) in [5.74, 6) is -0.165. The Morgan fingerprint density at radius 3 is 2.45 bits per heavy atom. The zero-order valence-electron chi connectivity index (χ0n) is 18.7. The molecule has 2 aromatic carbocycles. The van der Waals surface area contributed by atoms with Crippen molar-refractivity contribution in [2.24, 2.45) is 5.92 Å². The second-order valence-corrected chi connectivity index (χ2v) is 9.45. The van der Waals surface area contributed by atoms with Crippen LogP contribution in [0, 0.1) is 5.92 Å². The SMILES string of the molecule is CC(C)(C)OC(=O)N[C@H](CC1CCCCC1)[C@H](O)C(=O)Nc1cccc2ccccc12. The number of alkyl carbamates (subject to hydrolysis) is 1. The van der Waals surface area contributed by atoms with Crippen LogP contribution in [0.1, 0.15) is 59.3 Å². The predicted octanol–water partition coefficient (Wildman–Crippen LogP) is 5.00. The number of rotatable bonds is 6. The van der Waals surface area contributed by atoms with Gasteiger partial charge in [0, 0.05) is 11.1 Å². The van der Waals surface area contributed by atoms with Crippen molar-refractivity contribution in [1.82, 2.24) is 5.32 Å². The first-order chi connectivity index (χ1) is 14.7. The van der Waals surface area contributed by atoms with Crippen molar-refractivity contribution in [3.05, 3.63) is 42.5 Å². The molecule has 3 rings (SSSR count). The van der Waals surface area contributed by atoms with Crippen LogP contribution in [-0.4, -0.2) is 34.9 Å². The maximum Gasteiger partial charge on any atom is 0.407 e. The van der Waals surface area contributed by atoms with Crippen LogP contribution >= 0.6 is 0 Å². The van der Waals surface area contributed by atoms with Crippen LogP contribution in [-0.2, 0) is 9.53 Å². The highest BCUT2D eigenvalue weighted by molar-refractivity contribution is 6.03. The van der Waals surface area contributed by atoms with Gasteiger partial charge in [-0.1, -0.05) is 68.5 Å². The number of hydrogen-bond acceptors (Lipinski definition) is 4. The van der Waals surface area contributed by atoms with Gasteiger partial charge in [-0.2, -0.15) is 0 Å². The molecule has 2 amide bonds. The zero-order chi connectivity index (χ0) is 22.4. The molecular formula is C25H34N2O4. The van der Waals surface area contributed by atoms with E-state index in [1.807, 2.05) is 42.5 Å². The standard InChI is InChI=1S/C25H34N2O4/c1-25(2,3)31-24(30)27-21(16-17-10-5-4-6-11-17)22(28)23(29)26-20-15-9-13-18-12-7-8-14-19(18)20/h7-9,12-15,17,21-22,28H,4-6,10-11,16H2,1-3H3,(H,26,29)(H,27,30)/t21-,22+/m1/s1. The van der Waals surface area contributed by atoms with Gasteiger partial charge in [-0.15, -0.1) is 0 Å². The summed E-state index contributed by atoms with van der Waals surface area (Å²) in [5.41, 5.74) is -0.0221. The fourth-order valence-corrected chi connectivity index (χ4v) is 4.23. The minimum atomic E-state index is -1.38. The van der Waals surface area contributed by atoms with Crippen molar-refractivity contribution >= 4 is 28.5 Å². The molecule has 2 aromatic rings. The highest BCUT2D eigenvalue weighted by atomic mass is 16.6. The van der Waals surface area contributed by atoms with Crippen LogP contribution in [0.5, 0.6) is 0 Å². The molecule has 6 heteroatoms. The monoisotopic (exact) mass is 426 g/mol. The number of aliphatic hydroxyl groups excluding tert-OH is 1. The topological polar surface area (TPSA) is 87.7 Å². The van der Waals surface area contributed by atoms with Gasteiger partial charge < -0.3 is 20.5 Å². The molecule has 6 nitrogen and oxygen atoms in total. The average Bonchev–Trinajstić information content (AvgIpc) is 2.72. The molecule has 0 spiro atoms. The Hall–Kier alpha value is -2.60. The third-order valence-corrected chi connectivity index (χ3v) is 5.71. The van der Waals surface area contributed by atoms with Crippen LogP contribution in [0.4, 0.5) is 10.5 Å². The summed E-state index contributed by atoms with van der Waals surface area (Å²) >= 11 is 0. The summed E-state index contributed by atoms with van der Waals surface area (Å²) in [6, 6.07) is 12.7. The van der Waals surface area contributed by atoms with Crippen LogP contribution in [0.2, 0.25) is 0 Å². The lowest BCUT2D eigenvalue weighted by Gasteiger charge is -2.30. The van der Waals surface area contributed by atoms with Gasteiger partial charge in [0.2, 0.25) is 0 Å². The molecule has 0 saturated heterocycles. The van der Waals surface area contributed by atoms with Gasteiger partial charge >= 0.3 is 6.09 Å². The molecule has 168 valence electrons. The molecule has 1 saturated carbocycles. The molecule has 1 aliphatic rings. The summed E-state index contributed by atoms with van der Waals surface area (Å²) in [7, 11) is 0. The lowest BCUT2D eigenvalue weighted by Crippen LogP contribution is -2.50. The Bertz CT molecular complexity index is 895. The van der Waals surface area contributed by atoms with Crippen molar-refractivity contribution < 1.29 is 19.4 Å². The largest absolute Gasteiger partial charge is 0.444 e. The smallest absolute Gasteiger partial charge is 0.407 e. The molecule has 0 unspecified atom stereocenters. The van der Waals surface area contributed by atoms with Gasteiger partial charge in [0.25, 0.3) is 5.91 Å². The van der Waals surface area contributed by atoms with Gasteiger partial charge in [-0.05, 0) is 44.6 Å². The van der Waals surface area contributed by atoms with E-state index in [0.29, 0.717) is 18.0 Å². The number of fused-ring (bicyclic) bond motifs is 1. The van der Waals surface area contributed by atoms with E-state index in [-0.39, 0.29) is 0 Å². The van der Waals surface area contributed by atoms with Crippen LogP contribution in [0.15, 0.2) is 42.5 Å². The Balaban J connectivity index is 1.74. The minimum Gasteiger partial charge on any atom is -0.444 e. The molecule has 1 fully saturated rings. The number of carbonyl (C=O) groups excluding carboxylic acids is 2. The first kappa shape index (κ1) is 23.1. The van der Waals surface area contributed by atoms with Gasteiger partial charge in [0.1, 0.15) is 5.60 Å². The molecule has 1 aliphatic carbocycles. The van der Waals surface area contributed by atoms with Crippen molar-refractivity contribution in [2.45, 2.75) is 77.0 Å². The van der Waals surface area contributed by atoms with Gasteiger partial charge in [0.05, 0.1) is 6.04 Å². The highest BCUT2D eigenvalue weighted by Gasteiger charge is 2.32. The summed E-state index contributed by atoms with van der Waals surface area (Å²) < 4.78 is 5.37. The molecule has 0 radical (unpaired) electrons. The summed E-state index contributed by atoms with van der Waals surface area (Å²) in [5, 5.41) is 18.4. The third-order valence-electron chi connectivity index (χ3n) is 5.71. The fourth-order valence-electron chi connectivity index (χ4n) is 4.23. The number of carbonyl (C=O) groups is 2. The van der Waals surface area contributed by atoms with Gasteiger partial charge in [-0.25, -0.2) is 4.79 Å². The van der Waals surface area contributed by atoms with Crippen molar-refractivity contribution in [1.29, 1.82) is 0 Å². The van der Waals surface area contributed by atoms with Gasteiger partial charge in [0.15, 0.2) is 6.10 Å². The summed E-state index contributed by atoms with van der Waals surface area (Å²) in [6.45, 7) is 5.35. The van der Waals surface area contributed by atoms with E-state index < -0.39 is 29.7 Å². The molecule has 2 atom stereocenters. The molecule has 0 aliphatic heterocycles. The number of ether oxygens (including phenoxy) is 1. The zero-order valence-corrected chi connectivity index (χ0v) is 18.7. The normalized spacial score (nSPS) is 17.0. The first-order valence-electron chi connectivity index (χ1n) is 11.2. The molecule has 3 N–H and O–H groups in total. The number of hydrogen-bond donors (Lipinski definition) is 3. The lowest BCUT2D eigenvalue weighted by molar-refractivity contribution is -0.125. The minimum absolute atomic E-state index is 0.369. The molecular weight excluding hydrogens is 392 g/mol. The Morgan fingerprint density at radius 2 is 1.74 bits per heavy atom. The number of nitrogens with one attached hydrogen (secondary N) is 2. The second kappa shape index (κ2) is 10.1. The van der Waals surface area contributed by atoms with E-state index >= 15 is 0 Å². The third kappa shape index (κ3) is 6.69. The van der Waals surface area contributed by atoms with Crippen molar-refractivity contribution in [2.75, 3.05) is 5.32 Å². The Morgan fingerprint density at radius 1 is 1.06 bits per heavy atom. The fraction of sp³-hybridized carbons (Fsp3) is 0.520. The van der Waals surface area contributed by atoms with Gasteiger partial charge in [-0.3, -0.25) is 4.79 Å². The number of aliphatic hydroxyl groups is 1. The van der Waals surface area contributed by atoms with E-state index in [4.69, 9.17) is 4.74 Å². The predicted molar refractivity (Wildman–Crippen MR) is 123 cm³/mol. The van der Waals surface area contributed by atoms with Crippen molar-refractivity contribution in [3.63, 3.8) is 0 Å². The average molecular weight is 427 g/mol. The molecule has 0 bridgehead atoms. The second-order valence-electron chi connectivity index (χ2n) is 9.45. The Labute approximate surface area is 184 Å². The van der Waals surface area contributed by atoms with E-state index in [1.54, 1.807) is 20.8 Å². The van der Waals surface area contributed by atoms with E-state index in [9.17, 15) is 14.7 Å². The van der Waals surface area contributed by atoms with E-state index in [1.165, 1.54) is 6.42 Å². The van der Waals surface area contributed by atoms with Crippen LogP contribution in [0.25, 0.3) is 10.8 Å². The maximum atomic E-state index is 13.0.